The fraction of sp³-hybridized carbons (Fsp3) is 0.667. The molecule has 4 nitrogen and oxygen atoms in total. The number of hydrogen-bond donors (Lipinski definition) is 2. The van der Waals surface area contributed by atoms with E-state index in [1.807, 2.05) is 20.0 Å². The molecular formula is C15H25N3O. The Morgan fingerprint density at radius 1 is 1.32 bits per heavy atom. The van der Waals surface area contributed by atoms with Gasteiger partial charge in [-0.25, -0.2) is 0 Å². The van der Waals surface area contributed by atoms with E-state index in [1.165, 1.54) is 11.3 Å². The molecule has 0 aromatic carbocycles. The maximum atomic E-state index is 10.1. The van der Waals surface area contributed by atoms with Crippen molar-refractivity contribution in [3.05, 3.63) is 23.0 Å². The van der Waals surface area contributed by atoms with E-state index in [-0.39, 0.29) is 0 Å². The van der Waals surface area contributed by atoms with Crippen LogP contribution in [-0.2, 0) is 0 Å². The van der Waals surface area contributed by atoms with E-state index >= 15 is 0 Å². The van der Waals surface area contributed by atoms with E-state index in [4.69, 9.17) is 0 Å². The molecule has 4 heteroatoms. The summed E-state index contributed by atoms with van der Waals surface area (Å²) in [5.41, 5.74) is 4.56. The molecular weight excluding hydrogens is 238 g/mol. The number of aliphatic imine (C=N–C) groups is 1. The van der Waals surface area contributed by atoms with Crippen molar-refractivity contribution in [2.24, 2.45) is 4.99 Å². The van der Waals surface area contributed by atoms with Gasteiger partial charge in [-0.3, -0.25) is 4.99 Å². The first-order valence-corrected chi connectivity index (χ1v) is 7.14. The minimum Gasteiger partial charge on any atom is -0.387 e. The number of piperazine rings is 1. The van der Waals surface area contributed by atoms with Crippen molar-refractivity contribution in [1.29, 1.82) is 0 Å². The molecule has 1 saturated heterocycles. The Morgan fingerprint density at radius 3 is 2.63 bits per heavy atom. The van der Waals surface area contributed by atoms with E-state index in [2.05, 4.69) is 22.1 Å². The van der Waals surface area contributed by atoms with Crippen molar-refractivity contribution in [1.82, 2.24) is 10.2 Å². The van der Waals surface area contributed by atoms with Crippen LogP contribution in [0.1, 0.15) is 33.6 Å². The highest BCUT2D eigenvalue weighted by Crippen LogP contribution is 2.27. The summed E-state index contributed by atoms with van der Waals surface area (Å²) < 4.78 is 0. The van der Waals surface area contributed by atoms with Gasteiger partial charge in [-0.2, -0.15) is 0 Å². The van der Waals surface area contributed by atoms with Crippen LogP contribution in [0.15, 0.2) is 28.0 Å². The molecule has 1 aliphatic carbocycles. The summed E-state index contributed by atoms with van der Waals surface area (Å²) in [5, 5.41) is 13.5. The molecule has 2 aliphatic rings. The molecule has 0 aromatic heterocycles. The normalized spacial score (nSPS) is 28.7. The molecule has 1 aliphatic heterocycles. The fourth-order valence-corrected chi connectivity index (χ4v) is 2.67. The highest BCUT2D eigenvalue weighted by Gasteiger charge is 2.28. The second-order valence-electron chi connectivity index (χ2n) is 5.58. The molecule has 0 radical (unpaired) electrons. The second kappa shape index (κ2) is 6.35. The predicted molar refractivity (Wildman–Crippen MR) is 79.2 cm³/mol. The van der Waals surface area contributed by atoms with Crippen molar-refractivity contribution < 1.29 is 5.11 Å². The van der Waals surface area contributed by atoms with Gasteiger partial charge in [0, 0.05) is 38.1 Å². The summed E-state index contributed by atoms with van der Waals surface area (Å²) in [6.45, 7) is 10.4. The zero-order valence-corrected chi connectivity index (χ0v) is 12.2. The van der Waals surface area contributed by atoms with Crippen LogP contribution in [0.25, 0.3) is 0 Å². The van der Waals surface area contributed by atoms with E-state index in [0.717, 1.165) is 50.3 Å². The summed E-state index contributed by atoms with van der Waals surface area (Å²) in [6, 6.07) is 0. The lowest BCUT2D eigenvalue weighted by Crippen LogP contribution is -2.42. The Balaban J connectivity index is 2.25. The first-order chi connectivity index (χ1) is 9.09. The van der Waals surface area contributed by atoms with Crippen LogP contribution in [0.3, 0.4) is 0 Å². The second-order valence-corrected chi connectivity index (χ2v) is 5.58. The Morgan fingerprint density at radius 2 is 2.00 bits per heavy atom. The molecule has 1 heterocycles. The molecule has 106 valence electrons. The van der Waals surface area contributed by atoms with Gasteiger partial charge < -0.3 is 15.3 Å². The summed E-state index contributed by atoms with van der Waals surface area (Å²) in [6.07, 6.45) is 3.19. The average Bonchev–Trinajstić information content (AvgIpc) is 2.78. The third-order valence-corrected chi connectivity index (χ3v) is 3.78. The van der Waals surface area contributed by atoms with Gasteiger partial charge in [-0.1, -0.05) is 5.57 Å². The standard InChI is InChI=1S/C15H25N3O/c1-11(2)10-17-15-13(4-5-14(15)19)12(3)18-8-6-16-7-9-18/h10,14,16,19H,4-9H2,1-3H3/b13-12+,17-15?. The largest absolute Gasteiger partial charge is 0.387 e. The molecule has 1 saturated carbocycles. The number of nitrogens with zero attached hydrogens (tertiary/aromatic N) is 2. The number of hydrogen-bond acceptors (Lipinski definition) is 4. The maximum absolute atomic E-state index is 10.1. The van der Waals surface area contributed by atoms with Gasteiger partial charge in [0.15, 0.2) is 0 Å². The molecule has 19 heavy (non-hydrogen) atoms. The first-order valence-electron chi connectivity index (χ1n) is 7.14. The highest BCUT2D eigenvalue weighted by molar-refractivity contribution is 6.06. The maximum Gasteiger partial charge on any atom is 0.0966 e. The fourth-order valence-electron chi connectivity index (χ4n) is 2.67. The monoisotopic (exact) mass is 263 g/mol. The average molecular weight is 263 g/mol. The molecule has 0 aromatic rings. The van der Waals surface area contributed by atoms with Crippen LogP contribution >= 0.6 is 0 Å². The van der Waals surface area contributed by atoms with Crippen LogP contribution in [-0.4, -0.2) is 48.0 Å². The van der Waals surface area contributed by atoms with Crippen molar-refractivity contribution in [2.45, 2.75) is 39.7 Å². The third-order valence-electron chi connectivity index (χ3n) is 3.78. The smallest absolute Gasteiger partial charge is 0.0966 e. The molecule has 1 unspecified atom stereocenters. The molecule has 1 atom stereocenters. The van der Waals surface area contributed by atoms with Gasteiger partial charge in [0.25, 0.3) is 0 Å². The minimum absolute atomic E-state index is 0.400. The predicted octanol–water partition coefficient (Wildman–Crippen LogP) is 1.68. The first kappa shape index (κ1) is 14.3. The highest BCUT2D eigenvalue weighted by atomic mass is 16.3. The Labute approximate surface area is 115 Å². The minimum atomic E-state index is -0.400. The van der Waals surface area contributed by atoms with Gasteiger partial charge in [0.05, 0.1) is 11.8 Å². The molecule has 0 bridgehead atoms. The van der Waals surface area contributed by atoms with E-state index in [9.17, 15) is 5.11 Å². The number of rotatable bonds is 2. The van der Waals surface area contributed by atoms with Gasteiger partial charge in [-0.05, 0) is 39.2 Å². The van der Waals surface area contributed by atoms with Crippen LogP contribution in [0.4, 0.5) is 0 Å². The lowest BCUT2D eigenvalue weighted by atomic mass is 10.1. The van der Waals surface area contributed by atoms with E-state index in [0.29, 0.717) is 0 Å². The van der Waals surface area contributed by atoms with Crippen LogP contribution in [0, 0.1) is 0 Å². The van der Waals surface area contributed by atoms with Crippen molar-refractivity contribution in [3.63, 3.8) is 0 Å². The molecule has 2 rings (SSSR count). The zero-order valence-electron chi connectivity index (χ0n) is 12.2. The molecule has 2 N–H and O–H groups in total. The Bertz CT molecular complexity index is 413. The Kier molecular flexibility index (Phi) is 4.77. The van der Waals surface area contributed by atoms with Gasteiger partial charge in [0.1, 0.15) is 0 Å². The third kappa shape index (κ3) is 3.45. The lowest BCUT2D eigenvalue weighted by molar-refractivity contribution is 0.242. The van der Waals surface area contributed by atoms with Crippen molar-refractivity contribution in [2.75, 3.05) is 26.2 Å². The Hall–Kier alpha value is -1.13. The van der Waals surface area contributed by atoms with Gasteiger partial charge >= 0.3 is 0 Å². The lowest BCUT2D eigenvalue weighted by Gasteiger charge is -2.31. The summed E-state index contributed by atoms with van der Waals surface area (Å²) in [4.78, 5) is 6.91. The molecule has 0 amide bonds. The number of nitrogens with one attached hydrogen (secondary N) is 1. The van der Waals surface area contributed by atoms with Crippen molar-refractivity contribution >= 4 is 5.71 Å². The molecule has 0 spiro atoms. The SMILES string of the molecule is CC(C)=CN=C1/C(=C(\C)N2CCNCC2)CCC1O. The van der Waals surface area contributed by atoms with Crippen LogP contribution in [0.5, 0.6) is 0 Å². The van der Waals surface area contributed by atoms with Crippen LogP contribution in [0.2, 0.25) is 0 Å². The van der Waals surface area contributed by atoms with Crippen LogP contribution < -0.4 is 5.32 Å². The van der Waals surface area contributed by atoms with Crippen molar-refractivity contribution in [3.8, 4) is 0 Å². The number of aliphatic hydroxyl groups is 1. The molecule has 2 fully saturated rings. The van der Waals surface area contributed by atoms with E-state index in [1.54, 1.807) is 0 Å². The van der Waals surface area contributed by atoms with Gasteiger partial charge in [-0.15, -0.1) is 0 Å². The quantitative estimate of drug-likeness (QED) is 0.797. The summed E-state index contributed by atoms with van der Waals surface area (Å²) >= 11 is 0. The number of allylic oxidation sites excluding steroid dienone is 2. The summed E-state index contributed by atoms with van der Waals surface area (Å²) in [5.74, 6) is 0. The van der Waals surface area contributed by atoms with E-state index < -0.39 is 6.10 Å². The van der Waals surface area contributed by atoms with Gasteiger partial charge in [0.2, 0.25) is 0 Å². The number of aliphatic hydroxyl groups excluding tert-OH is 1. The topological polar surface area (TPSA) is 47.9 Å². The zero-order chi connectivity index (χ0) is 13.8. The summed E-state index contributed by atoms with van der Waals surface area (Å²) in [7, 11) is 0.